The van der Waals surface area contributed by atoms with Crippen molar-refractivity contribution in [1.29, 1.82) is 0 Å². The lowest BCUT2D eigenvalue weighted by Crippen LogP contribution is -2.43. The van der Waals surface area contributed by atoms with Crippen molar-refractivity contribution in [2.24, 2.45) is 0 Å². The molecule has 0 saturated heterocycles. The molecule has 1 aromatic carbocycles. The molecule has 0 spiro atoms. The van der Waals surface area contributed by atoms with E-state index in [-0.39, 0.29) is 21.5 Å². The van der Waals surface area contributed by atoms with Gasteiger partial charge in [-0.1, -0.05) is 36.0 Å². The van der Waals surface area contributed by atoms with Gasteiger partial charge in [0.1, 0.15) is 4.90 Å². The molecule has 0 amide bonds. The van der Waals surface area contributed by atoms with E-state index in [9.17, 15) is 13.5 Å². The summed E-state index contributed by atoms with van der Waals surface area (Å²) >= 11 is 11.9. The molecule has 0 bridgehead atoms. The normalized spacial score (nSPS) is 18.4. The summed E-state index contributed by atoms with van der Waals surface area (Å²) in [4.78, 5) is -0.0410. The van der Waals surface area contributed by atoms with Crippen LogP contribution in [0.1, 0.15) is 38.2 Å². The van der Waals surface area contributed by atoms with E-state index in [2.05, 4.69) is 4.72 Å². The Balaban J connectivity index is 2.39. The lowest BCUT2D eigenvalue weighted by atomic mass is 10.0. The molecule has 1 saturated carbocycles. The predicted octanol–water partition coefficient (Wildman–Crippen LogP) is 3.10. The summed E-state index contributed by atoms with van der Waals surface area (Å²) in [6.45, 7) is 1.56. The minimum absolute atomic E-state index is 0.0410. The Morgan fingerprint density at radius 3 is 2.40 bits per heavy atom. The van der Waals surface area contributed by atoms with Crippen LogP contribution in [-0.2, 0) is 16.6 Å². The Kier molecular flexibility index (Phi) is 4.66. The molecule has 0 radical (unpaired) electrons. The summed E-state index contributed by atoms with van der Waals surface area (Å²) in [7, 11) is -3.73. The fraction of sp³-hybridized carbons (Fsp3) is 0.538. The second-order valence-electron chi connectivity index (χ2n) is 5.41. The van der Waals surface area contributed by atoms with Gasteiger partial charge in [0.15, 0.2) is 0 Å². The second-order valence-corrected chi connectivity index (χ2v) is 7.87. The van der Waals surface area contributed by atoms with Crippen molar-refractivity contribution in [3.63, 3.8) is 0 Å². The highest BCUT2D eigenvalue weighted by Gasteiger charge is 2.34. The molecule has 0 aliphatic heterocycles. The molecular weight excluding hydrogens is 321 g/mol. The SMILES string of the molecule is CC1(NS(=O)(=O)c2cc(CO)c(Cl)cc2Cl)CCCC1. The van der Waals surface area contributed by atoms with Crippen LogP contribution in [0.3, 0.4) is 0 Å². The first-order valence-corrected chi connectivity index (χ1v) is 8.64. The number of hydrogen-bond donors (Lipinski definition) is 2. The molecule has 0 heterocycles. The third kappa shape index (κ3) is 3.28. The molecule has 0 aromatic heterocycles. The monoisotopic (exact) mass is 337 g/mol. The fourth-order valence-corrected chi connectivity index (χ4v) is 4.86. The minimum Gasteiger partial charge on any atom is -0.392 e. The lowest BCUT2D eigenvalue weighted by molar-refractivity contribution is 0.281. The fourth-order valence-electron chi connectivity index (χ4n) is 2.54. The summed E-state index contributed by atoms with van der Waals surface area (Å²) in [6.07, 6.45) is 3.64. The van der Waals surface area contributed by atoms with Gasteiger partial charge in [-0.25, -0.2) is 13.1 Å². The van der Waals surface area contributed by atoms with Gasteiger partial charge in [0.2, 0.25) is 10.0 Å². The van der Waals surface area contributed by atoms with Crippen LogP contribution in [0, 0.1) is 0 Å². The van der Waals surface area contributed by atoms with Gasteiger partial charge in [-0.2, -0.15) is 0 Å². The van der Waals surface area contributed by atoms with Gasteiger partial charge in [0.05, 0.1) is 11.6 Å². The van der Waals surface area contributed by atoms with Crippen LogP contribution in [0.5, 0.6) is 0 Å². The first kappa shape index (κ1) is 16.0. The quantitative estimate of drug-likeness (QED) is 0.887. The maximum absolute atomic E-state index is 12.5. The molecular formula is C13H17Cl2NO3S. The standard InChI is InChI=1S/C13H17Cl2NO3S/c1-13(4-2-3-5-13)16-20(18,19)12-6-9(8-17)10(14)7-11(12)15/h6-7,16-17H,2-5,8H2,1H3. The van der Waals surface area contributed by atoms with Gasteiger partial charge < -0.3 is 5.11 Å². The third-order valence-electron chi connectivity index (χ3n) is 3.65. The van der Waals surface area contributed by atoms with E-state index < -0.39 is 15.6 Å². The average Bonchev–Trinajstić information content (AvgIpc) is 2.74. The molecule has 0 atom stereocenters. The number of aliphatic hydroxyl groups excluding tert-OH is 1. The number of halogens is 2. The van der Waals surface area contributed by atoms with Crippen molar-refractivity contribution in [2.75, 3.05) is 0 Å². The van der Waals surface area contributed by atoms with Crippen LogP contribution in [0.2, 0.25) is 10.0 Å². The number of hydrogen-bond acceptors (Lipinski definition) is 3. The highest BCUT2D eigenvalue weighted by atomic mass is 35.5. The van der Waals surface area contributed by atoms with Crippen LogP contribution in [0.15, 0.2) is 17.0 Å². The van der Waals surface area contributed by atoms with Crippen LogP contribution in [0.25, 0.3) is 0 Å². The summed E-state index contributed by atoms with van der Waals surface area (Å²) in [5, 5.41) is 9.50. The van der Waals surface area contributed by atoms with E-state index in [1.165, 1.54) is 12.1 Å². The van der Waals surface area contributed by atoms with Gasteiger partial charge >= 0.3 is 0 Å². The Labute approximate surface area is 129 Å². The zero-order valence-corrected chi connectivity index (χ0v) is 13.4. The first-order valence-electron chi connectivity index (χ1n) is 6.40. The lowest BCUT2D eigenvalue weighted by Gasteiger charge is -2.25. The second kappa shape index (κ2) is 5.81. The third-order valence-corrected chi connectivity index (χ3v) is 6.10. The molecule has 0 unspecified atom stereocenters. The van der Waals surface area contributed by atoms with Crippen molar-refractivity contribution in [2.45, 2.75) is 49.6 Å². The molecule has 1 fully saturated rings. The summed E-state index contributed by atoms with van der Waals surface area (Å²) in [5.41, 5.74) is -0.0886. The number of rotatable bonds is 4. The molecule has 4 nitrogen and oxygen atoms in total. The largest absolute Gasteiger partial charge is 0.392 e. The molecule has 20 heavy (non-hydrogen) atoms. The van der Waals surface area contributed by atoms with E-state index in [0.29, 0.717) is 5.56 Å². The van der Waals surface area contributed by atoms with Gasteiger partial charge in [-0.3, -0.25) is 0 Å². The van der Waals surface area contributed by atoms with Gasteiger partial charge in [-0.05, 0) is 37.5 Å². The topological polar surface area (TPSA) is 66.4 Å². The van der Waals surface area contributed by atoms with Gasteiger partial charge in [0, 0.05) is 10.6 Å². The van der Waals surface area contributed by atoms with Crippen molar-refractivity contribution in [1.82, 2.24) is 4.72 Å². The molecule has 112 valence electrons. The van der Waals surface area contributed by atoms with Crippen LogP contribution in [-0.4, -0.2) is 19.1 Å². The average molecular weight is 338 g/mol. The Bertz CT molecular complexity index is 610. The highest BCUT2D eigenvalue weighted by molar-refractivity contribution is 7.89. The van der Waals surface area contributed by atoms with E-state index in [1.54, 1.807) is 0 Å². The molecule has 2 rings (SSSR count). The minimum atomic E-state index is -3.73. The van der Waals surface area contributed by atoms with Crippen molar-refractivity contribution in [3.8, 4) is 0 Å². The van der Waals surface area contributed by atoms with Gasteiger partial charge in [0.25, 0.3) is 0 Å². The molecule has 2 N–H and O–H groups in total. The summed E-state index contributed by atoms with van der Waals surface area (Å²) in [5.74, 6) is 0. The van der Waals surface area contributed by atoms with E-state index in [4.69, 9.17) is 23.2 Å². The first-order chi connectivity index (χ1) is 9.27. The van der Waals surface area contributed by atoms with Crippen molar-refractivity contribution in [3.05, 3.63) is 27.7 Å². The van der Waals surface area contributed by atoms with Crippen LogP contribution in [0.4, 0.5) is 0 Å². The highest BCUT2D eigenvalue weighted by Crippen LogP contribution is 2.33. The number of sulfonamides is 1. The Hall–Kier alpha value is -0.330. The van der Waals surface area contributed by atoms with E-state index in [1.807, 2.05) is 6.92 Å². The predicted molar refractivity (Wildman–Crippen MR) is 79.6 cm³/mol. The van der Waals surface area contributed by atoms with E-state index >= 15 is 0 Å². The zero-order valence-electron chi connectivity index (χ0n) is 11.1. The molecule has 1 aromatic rings. The van der Waals surface area contributed by atoms with Crippen molar-refractivity contribution >= 4 is 33.2 Å². The van der Waals surface area contributed by atoms with Crippen LogP contribution < -0.4 is 4.72 Å². The maximum atomic E-state index is 12.5. The summed E-state index contributed by atoms with van der Waals surface area (Å²) in [6, 6.07) is 2.67. The van der Waals surface area contributed by atoms with Gasteiger partial charge in [-0.15, -0.1) is 0 Å². The number of aliphatic hydroxyl groups is 1. The maximum Gasteiger partial charge on any atom is 0.242 e. The number of nitrogens with one attached hydrogen (secondary N) is 1. The van der Waals surface area contributed by atoms with E-state index in [0.717, 1.165) is 25.7 Å². The van der Waals surface area contributed by atoms with Crippen LogP contribution >= 0.6 is 23.2 Å². The Morgan fingerprint density at radius 1 is 1.25 bits per heavy atom. The van der Waals surface area contributed by atoms with Crippen molar-refractivity contribution < 1.29 is 13.5 Å². The number of benzene rings is 1. The zero-order chi connectivity index (χ0) is 15.0. The Morgan fingerprint density at radius 2 is 1.85 bits per heavy atom. The summed E-state index contributed by atoms with van der Waals surface area (Å²) < 4.78 is 27.7. The smallest absolute Gasteiger partial charge is 0.242 e. The molecule has 1 aliphatic rings. The molecule has 1 aliphatic carbocycles. The molecule has 7 heteroatoms.